The van der Waals surface area contributed by atoms with Gasteiger partial charge in [-0.05, 0) is 25.3 Å². The van der Waals surface area contributed by atoms with E-state index in [4.69, 9.17) is 0 Å². The minimum Gasteiger partial charge on any atom is -0.147 e. The van der Waals surface area contributed by atoms with Crippen molar-refractivity contribution in [3.8, 4) is 0 Å². The molecule has 9 heavy (non-hydrogen) atoms. The van der Waals surface area contributed by atoms with E-state index in [2.05, 4.69) is 47.3 Å². The first-order valence-electron chi connectivity index (χ1n) is 2.83. The van der Waals surface area contributed by atoms with E-state index in [0.29, 0.717) is 0 Å². The van der Waals surface area contributed by atoms with Gasteiger partial charge in [0, 0.05) is 4.88 Å². The first kappa shape index (κ1) is 7.29. The molecule has 1 heterocycles. The number of halogens is 1. The first-order valence-corrected chi connectivity index (χ1v) is 4.51. The molecule has 50 valence electrons. The van der Waals surface area contributed by atoms with E-state index in [1.54, 1.807) is 11.3 Å². The van der Waals surface area contributed by atoms with Crippen LogP contribution in [-0.2, 0) is 4.32 Å². The predicted molar refractivity (Wildman–Crippen MR) is 46.3 cm³/mol. The summed E-state index contributed by atoms with van der Waals surface area (Å²) >= 11 is 5.36. The zero-order valence-electron chi connectivity index (χ0n) is 5.52. The molecule has 0 N–H and O–H groups in total. The second-order valence-electron chi connectivity index (χ2n) is 2.45. The van der Waals surface area contributed by atoms with Crippen molar-refractivity contribution in [1.29, 1.82) is 0 Å². The van der Waals surface area contributed by atoms with Crippen LogP contribution in [0.25, 0.3) is 0 Å². The van der Waals surface area contributed by atoms with E-state index < -0.39 is 0 Å². The van der Waals surface area contributed by atoms with Crippen molar-refractivity contribution in [3.63, 3.8) is 0 Å². The topological polar surface area (TPSA) is 0 Å². The summed E-state index contributed by atoms with van der Waals surface area (Å²) in [5.74, 6) is 0. The van der Waals surface area contributed by atoms with Gasteiger partial charge in [-0.3, -0.25) is 0 Å². The fourth-order valence-electron chi connectivity index (χ4n) is 0.617. The van der Waals surface area contributed by atoms with Crippen LogP contribution in [0.4, 0.5) is 0 Å². The van der Waals surface area contributed by atoms with Gasteiger partial charge in [-0.25, -0.2) is 0 Å². The molecule has 0 aliphatic heterocycles. The lowest BCUT2D eigenvalue weighted by atomic mass is 10.2. The third kappa shape index (κ3) is 1.80. The summed E-state index contributed by atoms with van der Waals surface area (Å²) in [4.78, 5) is 1.38. The highest BCUT2D eigenvalue weighted by atomic mass is 79.9. The molecule has 0 bridgehead atoms. The molecule has 0 saturated heterocycles. The standard InChI is InChI=1S/C7H9BrS/c1-7(2,8)6-4-3-5-9-6/h3-5H,1-2H3. The zero-order chi connectivity index (χ0) is 6.91. The van der Waals surface area contributed by atoms with Crippen molar-refractivity contribution >= 4 is 27.3 Å². The summed E-state index contributed by atoms with van der Waals surface area (Å²) in [7, 11) is 0. The van der Waals surface area contributed by atoms with E-state index in [0.717, 1.165) is 0 Å². The SMILES string of the molecule is CC(C)(Br)c1cccs1. The van der Waals surface area contributed by atoms with Crippen LogP contribution in [-0.4, -0.2) is 0 Å². The van der Waals surface area contributed by atoms with E-state index in [-0.39, 0.29) is 4.32 Å². The van der Waals surface area contributed by atoms with Gasteiger partial charge in [0.25, 0.3) is 0 Å². The molecule has 0 saturated carbocycles. The van der Waals surface area contributed by atoms with Gasteiger partial charge in [-0.1, -0.05) is 22.0 Å². The maximum absolute atomic E-state index is 3.58. The van der Waals surface area contributed by atoms with Crippen molar-refractivity contribution < 1.29 is 0 Å². The number of rotatable bonds is 1. The summed E-state index contributed by atoms with van der Waals surface area (Å²) in [6.07, 6.45) is 0. The van der Waals surface area contributed by atoms with Gasteiger partial charge in [-0.2, -0.15) is 0 Å². The lowest BCUT2D eigenvalue weighted by molar-refractivity contribution is 0.824. The second-order valence-corrected chi connectivity index (χ2v) is 5.38. The summed E-state index contributed by atoms with van der Waals surface area (Å²) in [6.45, 7) is 4.30. The first-order chi connectivity index (χ1) is 4.11. The Hall–Kier alpha value is 0.180. The molecule has 0 aliphatic rings. The highest BCUT2D eigenvalue weighted by Gasteiger charge is 2.15. The maximum atomic E-state index is 3.58. The number of hydrogen-bond acceptors (Lipinski definition) is 1. The van der Waals surface area contributed by atoms with Crippen LogP contribution in [0, 0.1) is 0 Å². The van der Waals surface area contributed by atoms with E-state index in [9.17, 15) is 0 Å². The third-order valence-corrected chi connectivity index (χ3v) is 2.99. The van der Waals surface area contributed by atoms with Crippen LogP contribution in [0.15, 0.2) is 17.5 Å². The second kappa shape index (κ2) is 2.43. The van der Waals surface area contributed by atoms with Crippen LogP contribution < -0.4 is 0 Å². The molecule has 1 rings (SSSR count). The monoisotopic (exact) mass is 204 g/mol. The van der Waals surface area contributed by atoms with Gasteiger partial charge in [0.15, 0.2) is 0 Å². The molecule has 0 unspecified atom stereocenters. The van der Waals surface area contributed by atoms with Gasteiger partial charge < -0.3 is 0 Å². The Labute approximate surface area is 68.0 Å². The smallest absolute Gasteiger partial charge is 0.0543 e. The fraction of sp³-hybridized carbons (Fsp3) is 0.429. The minimum atomic E-state index is 0.154. The molecule has 0 radical (unpaired) electrons. The molecule has 1 aromatic heterocycles. The van der Waals surface area contributed by atoms with Crippen molar-refractivity contribution in [2.75, 3.05) is 0 Å². The Kier molecular flexibility index (Phi) is 1.97. The average Bonchev–Trinajstić information content (AvgIpc) is 2.08. The summed E-state index contributed by atoms with van der Waals surface area (Å²) in [5, 5.41) is 2.10. The zero-order valence-corrected chi connectivity index (χ0v) is 7.92. The van der Waals surface area contributed by atoms with Gasteiger partial charge in [0.05, 0.1) is 4.32 Å². The normalized spacial score (nSPS) is 11.9. The van der Waals surface area contributed by atoms with Crippen LogP contribution in [0.3, 0.4) is 0 Å². The molecular weight excluding hydrogens is 196 g/mol. The Morgan fingerprint density at radius 1 is 1.56 bits per heavy atom. The molecule has 0 amide bonds. The van der Waals surface area contributed by atoms with E-state index in [1.165, 1.54) is 4.88 Å². The van der Waals surface area contributed by atoms with Crippen LogP contribution in [0.1, 0.15) is 18.7 Å². The molecule has 0 aliphatic carbocycles. The number of thiophene rings is 1. The Bertz CT molecular complexity index is 171. The molecule has 0 fully saturated rings. The molecule has 0 nitrogen and oxygen atoms in total. The lowest BCUT2D eigenvalue weighted by Gasteiger charge is -2.12. The molecule has 2 heteroatoms. The highest BCUT2D eigenvalue weighted by Crippen LogP contribution is 2.32. The molecular formula is C7H9BrS. The van der Waals surface area contributed by atoms with Gasteiger partial charge in [0.1, 0.15) is 0 Å². The number of alkyl halides is 1. The largest absolute Gasteiger partial charge is 0.147 e. The Balaban J connectivity index is 2.90. The Morgan fingerprint density at radius 3 is 2.44 bits per heavy atom. The molecule has 0 atom stereocenters. The van der Waals surface area contributed by atoms with Crippen LogP contribution in [0.5, 0.6) is 0 Å². The van der Waals surface area contributed by atoms with Crippen LogP contribution in [0.2, 0.25) is 0 Å². The van der Waals surface area contributed by atoms with Crippen molar-refractivity contribution in [3.05, 3.63) is 22.4 Å². The number of hydrogen-bond donors (Lipinski definition) is 0. The lowest BCUT2D eigenvalue weighted by Crippen LogP contribution is -2.02. The van der Waals surface area contributed by atoms with E-state index in [1.807, 2.05) is 0 Å². The third-order valence-electron chi connectivity index (χ3n) is 1.11. The Morgan fingerprint density at radius 2 is 2.22 bits per heavy atom. The maximum Gasteiger partial charge on any atom is 0.0543 e. The highest BCUT2D eigenvalue weighted by molar-refractivity contribution is 9.09. The van der Waals surface area contributed by atoms with E-state index >= 15 is 0 Å². The summed E-state index contributed by atoms with van der Waals surface area (Å²) in [5.41, 5.74) is 0. The van der Waals surface area contributed by atoms with Crippen molar-refractivity contribution in [2.24, 2.45) is 0 Å². The fourth-order valence-corrected chi connectivity index (χ4v) is 1.77. The van der Waals surface area contributed by atoms with Crippen LogP contribution >= 0.6 is 27.3 Å². The molecule has 0 spiro atoms. The van der Waals surface area contributed by atoms with Crippen molar-refractivity contribution in [2.45, 2.75) is 18.2 Å². The van der Waals surface area contributed by atoms with Crippen molar-refractivity contribution in [1.82, 2.24) is 0 Å². The minimum absolute atomic E-state index is 0.154. The summed E-state index contributed by atoms with van der Waals surface area (Å²) in [6, 6.07) is 4.21. The average molecular weight is 205 g/mol. The van der Waals surface area contributed by atoms with Gasteiger partial charge in [0.2, 0.25) is 0 Å². The summed E-state index contributed by atoms with van der Waals surface area (Å²) < 4.78 is 0.154. The van der Waals surface area contributed by atoms with Gasteiger partial charge >= 0.3 is 0 Å². The van der Waals surface area contributed by atoms with Gasteiger partial charge in [-0.15, -0.1) is 11.3 Å². The quantitative estimate of drug-likeness (QED) is 0.616. The molecule has 1 aromatic rings. The predicted octanol–water partition coefficient (Wildman–Crippen LogP) is 3.38. The molecule has 0 aromatic carbocycles.